The fourth-order valence-corrected chi connectivity index (χ4v) is 2.73. The number of aliphatic hydroxyl groups is 1. The van der Waals surface area contributed by atoms with E-state index in [0.717, 1.165) is 5.56 Å². The van der Waals surface area contributed by atoms with Gasteiger partial charge in [-0.15, -0.1) is 0 Å². The molecule has 1 N–H and O–H groups in total. The lowest BCUT2D eigenvalue weighted by Crippen LogP contribution is -1.93. The van der Waals surface area contributed by atoms with Gasteiger partial charge in [0.25, 0.3) is 0 Å². The van der Waals surface area contributed by atoms with Crippen LogP contribution in [0.5, 0.6) is 23.0 Å². The van der Waals surface area contributed by atoms with E-state index in [0.29, 0.717) is 44.9 Å². The third-order valence-electron chi connectivity index (χ3n) is 3.26. The first-order valence-corrected chi connectivity index (χ1v) is 7.61. The van der Waals surface area contributed by atoms with Gasteiger partial charge in [0.15, 0.2) is 23.0 Å². The lowest BCUT2D eigenvalue weighted by atomic mass is 10.2. The molecule has 25 heavy (non-hydrogen) atoms. The number of fused-ring (bicyclic) bond motifs is 2. The highest BCUT2D eigenvalue weighted by molar-refractivity contribution is 6.32. The molecule has 0 unspecified atom stereocenters. The van der Waals surface area contributed by atoms with E-state index >= 15 is 0 Å². The van der Waals surface area contributed by atoms with Crippen LogP contribution in [-0.2, 0) is 6.61 Å². The molecule has 2 aliphatic rings. The molecule has 2 aromatic carbocycles. The average molecular weight is 387 g/mol. The number of ether oxygens (including phenoxy) is 4. The minimum atomic E-state index is -0.0453. The zero-order valence-electron chi connectivity index (χ0n) is 12.3. The smallest absolute Gasteiger partial charge is 0.231 e. The van der Waals surface area contributed by atoms with Crippen LogP contribution in [0.25, 0.3) is 0 Å². The predicted molar refractivity (Wildman–Crippen MR) is 93.2 cm³/mol. The summed E-state index contributed by atoms with van der Waals surface area (Å²) in [5, 5.41) is 9.73. The molecule has 0 aliphatic carbocycles. The average Bonchev–Trinajstić information content (AvgIpc) is 3.24. The van der Waals surface area contributed by atoms with Crippen LogP contribution in [0.3, 0.4) is 0 Å². The van der Waals surface area contributed by atoms with Crippen molar-refractivity contribution in [2.24, 2.45) is 0 Å². The van der Waals surface area contributed by atoms with Crippen LogP contribution in [0.2, 0.25) is 10.0 Å². The van der Waals surface area contributed by atoms with Crippen LogP contribution in [0.1, 0.15) is 23.3 Å². The highest BCUT2D eigenvalue weighted by Crippen LogP contribution is 2.40. The summed E-state index contributed by atoms with van der Waals surface area (Å²) < 4.78 is 20.3. The highest BCUT2D eigenvalue weighted by atomic mass is 35.5. The lowest BCUT2D eigenvalue weighted by molar-refractivity contribution is 0.112. The largest absolute Gasteiger partial charge is 0.454 e. The zero-order valence-corrected chi connectivity index (χ0v) is 13.8. The number of carbonyl (C=O) groups is 1. The van der Waals surface area contributed by atoms with Crippen LogP contribution in [-0.4, -0.2) is 25.0 Å². The quantitative estimate of drug-likeness (QED) is 0.783. The van der Waals surface area contributed by atoms with Crippen molar-refractivity contribution in [3.63, 3.8) is 0 Å². The SMILES string of the molecule is C.O=Cc1cc(Cl)c2c(c1)OCO2.OCc1cc(Cl)c2c(c1)OCO2. The van der Waals surface area contributed by atoms with Gasteiger partial charge in [0.1, 0.15) is 6.29 Å². The summed E-state index contributed by atoms with van der Waals surface area (Å²) in [6.45, 7) is 0.317. The second kappa shape index (κ2) is 8.29. The standard InChI is InChI=1S/C8H7ClO3.C8H5ClO3.CH4/c2*9-6-1-5(3-10)2-7-8(6)12-4-11-7;/h1-2,10H,3-4H2;1-3H,4H2;1H4. The summed E-state index contributed by atoms with van der Waals surface area (Å²) >= 11 is 11.6. The van der Waals surface area contributed by atoms with Crippen molar-refractivity contribution in [2.75, 3.05) is 13.6 Å². The van der Waals surface area contributed by atoms with E-state index in [1.807, 2.05) is 0 Å². The molecular weight excluding hydrogens is 371 g/mol. The predicted octanol–water partition coefficient (Wildman–Crippen LogP) is 4.08. The maximum Gasteiger partial charge on any atom is 0.231 e. The normalized spacial score (nSPS) is 12.8. The number of carbonyl (C=O) groups excluding carboxylic acids is 1. The number of halogens is 2. The number of rotatable bonds is 2. The Bertz CT molecular complexity index is 778. The summed E-state index contributed by atoms with van der Waals surface area (Å²) in [7, 11) is 0. The summed E-state index contributed by atoms with van der Waals surface area (Å²) in [6, 6.07) is 6.52. The molecule has 0 spiro atoms. The summed E-state index contributed by atoms with van der Waals surface area (Å²) in [5.74, 6) is 2.22. The van der Waals surface area contributed by atoms with Crippen molar-refractivity contribution in [1.29, 1.82) is 0 Å². The molecule has 4 rings (SSSR count). The number of benzene rings is 2. The second-order valence-corrected chi connectivity index (χ2v) is 5.64. The van der Waals surface area contributed by atoms with Crippen molar-refractivity contribution in [1.82, 2.24) is 0 Å². The number of hydrogen-bond donors (Lipinski definition) is 1. The molecule has 0 amide bonds. The Kier molecular flexibility index (Phi) is 6.36. The molecule has 0 bridgehead atoms. The Labute approximate surface area is 154 Å². The van der Waals surface area contributed by atoms with Crippen molar-refractivity contribution < 1.29 is 28.8 Å². The summed E-state index contributed by atoms with van der Waals surface area (Å²) in [6.07, 6.45) is 0.716. The van der Waals surface area contributed by atoms with Gasteiger partial charge >= 0.3 is 0 Å². The van der Waals surface area contributed by atoms with E-state index in [2.05, 4.69) is 0 Å². The van der Waals surface area contributed by atoms with Gasteiger partial charge < -0.3 is 24.1 Å². The minimum absolute atomic E-state index is 0. The van der Waals surface area contributed by atoms with E-state index in [-0.39, 0.29) is 27.6 Å². The first-order chi connectivity index (χ1) is 11.6. The highest BCUT2D eigenvalue weighted by Gasteiger charge is 2.18. The van der Waals surface area contributed by atoms with Crippen molar-refractivity contribution in [3.8, 4) is 23.0 Å². The fraction of sp³-hybridized carbons (Fsp3) is 0.235. The fourth-order valence-electron chi connectivity index (χ4n) is 2.17. The molecule has 0 aromatic heterocycles. The maximum atomic E-state index is 10.4. The van der Waals surface area contributed by atoms with Crippen molar-refractivity contribution in [3.05, 3.63) is 45.4 Å². The molecule has 0 saturated carbocycles. The molecule has 8 heteroatoms. The van der Waals surface area contributed by atoms with Gasteiger partial charge in [0.05, 0.1) is 16.7 Å². The Morgan fingerprint density at radius 3 is 2.04 bits per heavy atom. The Hall–Kier alpha value is -2.15. The Morgan fingerprint density at radius 1 is 0.920 bits per heavy atom. The first-order valence-electron chi connectivity index (χ1n) is 6.85. The van der Waals surface area contributed by atoms with E-state index in [1.165, 1.54) is 0 Å². The van der Waals surface area contributed by atoms with Crippen molar-refractivity contribution in [2.45, 2.75) is 14.0 Å². The Morgan fingerprint density at radius 2 is 1.48 bits per heavy atom. The van der Waals surface area contributed by atoms with Gasteiger partial charge in [-0.2, -0.15) is 0 Å². The van der Waals surface area contributed by atoms with Crippen LogP contribution >= 0.6 is 23.2 Å². The molecule has 0 fully saturated rings. The van der Waals surface area contributed by atoms with E-state index in [4.69, 9.17) is 47.3 Å². The number of hydrogen-bond acceptors (Lipinski definition) is 6. The van der Waals surface area contributed by atoms with E-state index < -0.39 is 0 Å². The van der Waals surface area contributed by atoms with E-state index in [9.17, 15) is 4.79 Å². The molecule has 2 aliphatic heterocycles. The second-order valence-electron chi connectivity index (χ2n) is 4.82. The van der Waals surface area contributed by atoms with Gasteiger partial charge in [0, 0.05) is 5.56 Å². The molecule has 6 nitrogen and oxygen atoms in total. The molecule has 134 valence electrons. The monoisotopic (exact) mass is 386 g/mol. The lowest BCUT2D eigenvalue weighted by Gasteiger charge is -2.01. The number of aliphatic hydroxyl groups excluding tert-OH is 1. The third-order valence-corrected chi connectivity index (χ3v) is 3.82. The van der Waals surface area contributed by atoms with Crippen LogP contribution in [0.4, 0.5) is 0 Å². The molecule has 2 heterocycles. The minimum Gasteiger partial charge on any atom is -0.454 e. The zero-order chi connectivity index (χ0) is 17.1. The molecule has 2 aromatic rings. The van der Waals surface area contributed by atoms with Crippen LogP contribution < -0.4 is 18.9 Å². The maximum absolute atomic E-state index is 10.4. The van der Waals surface area contributed by atoms with Crippen LogP contribution in [0.15, 0.2) is 24.3 Å². The molecule has 0 radical (unpaired) electrons. The van der Waals surface area contributed by atoms with Gasteiger partial charge in [0.2, 0.25) is 13.6 Å². The van der Waals surface area contributed by atoms with Gasteiger partial charge in [-0.1, -0.05) is 30.6 Å². The molecular formula is C17H16Cl2O6. The van der Waals surface area contributed by atoms with Crippen LogP contribution in [0, 0.1) is 0 Å². The Balaban J connectivity index is 0.000000173. The topological polar surface area (TPSA) is 74.2 Å². The van der Waals surface area contributed by atoms with Gasteiger partial charge in [-0.3, -0.25) is 4.79 Å². The van der Waals surface area contributed by atoms with Gasteiger partial charge in [-0.25, -0.2) is 0 Å². The molecule has 0 saturated heterocycles. The summed E-state index contributed by atoms with van der Waals surface area (Å²) in [5.41, 5.74) is 1.22. The first kappa shape index (κ1) is 19.2. The van der Waals surface area contributed by atoms with E-state index in [1.54, 1.807) is 24.3 Å². The van der Waals surface area contributed by atoms with Crippen molar-refractivity contribution >= 4 is 29.5 Å². The van der Waals surface area contributed by atoms with Gasteiger partial charge in [-0.05, 0) is 29.8 Å². The summed E-state index contributed by atoms with van der Waals surface area (Å²) in [4.78, 5) is 10.4. The third kappa shape index (κ3) is 4.10. The molecule has 0 atom stereocenters. The number of aldehydes is 1.